The van der Waals surface area contributed by atoms with Gasteiger partial charge in [0, 0.05) is 12.0 Å². The van der Waals surface area contributed by atoms with Gasteiger partial charge in [-0.15, -0.1) is 10.2 Å². The molecule has 0 spiro atoms. The minimum Gasteiger partial charge on any atom is -0.187 e. The van der Waals surface area contributed by atoms with Crippen molar-refractivity contribution in [3.05, 3.63) is 35.7 Å². The highest BCUT2D eigenvalue weighted by atomic mass is 32.1. The van der Waals surface area contributed by atoms with Crippen LogP contribution < -0.4 is 0 Å². The van der Waals surface area contributed by atoms with Crippen LogP contribution in [-0.4, -0.2) is 19.8 Å². The highest BCUT2D eigenvalue weighted by molar-refractivity contribution is 7.19. The lowest BCUT2D eigenvalue weighted by molar-refractivity contribution is 0.723. The van der Waals surface area contributed by atoms with Crippen molar-refractivity contribution in [2.24, 2.45) is 0 Å². The average Bonchev–Trinajstić information content (AvgIpc) is 2.97. The Balaban J connectivity index is 2.00. The monoisotopic (exact) mass is 272 g/mol. The van der Waals surface area contributed by atoms with E-state index in [1.165, 1.54) is 5.56 Å². The Hall–Kier alpha value is -1.75. The number of hydrogen-bond acceptors (Lipinski definition) is 4. The van der Waals surface area contributed by atoms with Gasteiger partial charge in [0.2, 0.25) is 4.96 Å². The van der Waals surface area contributed by atoms with Gasteiger partial charge in [0.25, 0.3) is 0 Å². The SMILES string of the molecule is CCCCc1nnc2sc(-c3cccc(C)c3)nn12. The van der Waals surface area contributed by atoms with Gasteiger partial charge in [-0.1, -0.05) is 48.4 Å². The van der Waals surface area contributed by atoms with Crippen molar-refractivity contribution in [1.29, 1.82) is 0 Å². The van der Waals surface area contributed by atoms with Crippen LogP contribution >= 0.6 is 11.3 Å². The van der Waals surface area contributed by atoms with Crippen LogP contribution in [0.5, 0.6) is 0 Å². The zero-order chi connectivity index (χ0) is 13.2. The fourth-order valence-electron chi connectivity index (χ4n) is 2.04. The molecule has 1 aromatic carbocycles. The summed E-state index contributed by atoms with van der Waals surface area (Å²) in [6, 6.07) is 8.39. The molecule has 5 heteroatoms. The van der Waals surface area contributed by atoms with E-state index in [9.17, 15) is 0 Å². The number of rotatable bonds is 4. The van der Waals surface area contributed by atoms with Crippen LogP contribution in [0.2, 0.25) is 0 Å². The van der Waals surface area contributed by atoms with E-state index in [1.54, 1.807) is 11.3 Å². The third-order valence-corrected chi connectivity index (χ3v) is 4.02. The number of fused-ring (bicyclic) bond motifs is 1. The molecule has 0 amide bonds. The zero-order valence-corrected chi connectivity index (χ0v) is 11.9. The Kier molecular flexibility index (Phi) is 3.29. The van der Waals surface area contributed by atoms with Crippen molar-refractivity contribution in [1.82, 2.24) is 19.8 Å². The van der Waals surface area contributed by atoms with Crippen LogP contribution in [0, 0.1) is 6.92 Å². The molecule has 0 aliphatic carbocycles. The molecule has 0 unspecified atom stereocenters. The van der Waals surface area contributed by atoms with Crippen LogP contribution in [0.1, 0.15) is 31.2 Å². The first-order chi connectivity index (χ1) is 9.28. The van der Waals surface area contributed by atoms with Crippen LogP contribution in [0.3, 0.4) is 0 Å². The minimum absolute atomic E-state index is 0.877. The highest BCUT2D eigenvalue weighted by Crippen LogP contribution is 2.26. The standard InChI is InChI=1S/C14H16N4S/c1-3-4-8-12-15-16-14-18(12)17-13(19-14)11-7-5-6-10(2)9-11/h5-7,9H,3-4,8H2,1-2H3. The van der Waals surface area contributed by atoms with Crippen LogP contribution in [0.4, 0.5) is 0 Å². The molecule has 0 saturated heterocycles. The fraction of sp³-hybridized carbons (Fsp3) is 0.357. The van der Waals surface area contributed by atoms with E-state index in [1.807, 2.05) is 4.52 Å². The van der Waals surface area contributed by atoms with E-state index >= 15 is 0 Å². The molecular formula is C14H16N4S. The highest BCUT2D eigenvalue weighted by Gasteiger charge is 2.12. The van der Waals surface area contributed by atoms with Crippen molar-refractivity contribution in [2.45, 2.75) is 33.1 Å². The lowest BCUT2D eigenvalue weighted by Gasteiger charge is -1.97. The number of nitrogens with zero attached hydrogens (tertiary/aromatic N) is 4. The number of unbranched alkanes of at least 4 members (excludes halogenated alkanes) is 1. The first kappa shape index (κ1) is 12.3. The lowest BCUT2D eigenvalue weighted by Crippen LogP contribution is -1.96. The number of aryl methyl sites for hydroxylation is 2. The molecular weight excluding hydrogens is 256 g/mol. The van der Waals surface area contributed by atoms with Crippen LogP contribution in [-0.2, 0) is 6.42 Å². The van der Waals surface area contributed by atoms with Crippen molar-refractivity contribution < 1.29 is 0 Å². The van der Waals surface area contributed by atoms with Gasteiger partial charge in [-0.3, -0.25) is 0 Å². The summed E-state index contributed by atoms with van der Waals surface area (Å²) in [7, 11) is 0. The maximum Gasteiger partial charge on any atom is 0.234 e. The zero-order valence-electron chi connectivity index (χ0n) is 11.1. The van der Waals surface area contributed by atoms with E-state index in [0.717, 1.165) is 40.6 Å². The molecule has 2 aromatic heterocycles. The van der Waals surface area contributed by atoms with Crippen molar-refractivity contribution in [2.75, 3.05) is 0 Å². The Labute approximate surface area is 116 Å². The van der Waals surface area contributed by atoms with E-state index < -0.39 is 0 Å². The summed E-state index contributed by atoms with van der Waals surface area (Å²) in [5, 5.41) is 14.1. The summed E-state index contributed by atoms with van der Waals surface area (Å²) >= 11 is 1.59. The molecule has 3 rings (SSSR count). The fourth-order valence-corrected chi connectivity index (χ4v) is 2.90. The van der Waals surface area contributed by atoms with Gasteiger partial charge in [-0.05, 0) is 19.4 Å². The van der Waals surface area contributed by atoms with Crippen LogP contribution in [0.25, 0.3) is 15.5 Å². The predicted octanol–water partition coefficient (Wildman–Crippen LogP) is 3.50. The molecule has 0 radical (unpaired) electrons. The summed E-state index contributed by atoms with van der Waals surface area (Å²) in [6.07, 6.45) is 3.22. The Morgan fingerprint density at radius 1 is 1.26 bits per heavy atom. The molecule has 98 valence electrons. The van der Waals surface area contributed by atoms with Crippen LogP contribution in [0.15, 0.2) is 24.3 Å². The molecule has 19 heavy (non-hydrogen) atoms. The van der Waals surface area contributed by atoms with Gasteiger partial charge in [-0.25, -0.2) is 0 Å². The van der Waals surface area contributed by atoms with E-state index in [2.05, 4.69) is 53.4 Å². The molecule has 0 fully saturated rings. The Morgan fingerprint density at radius 2 is 2.16 bits per heavy atom. The Morgan fingerprint density at radius 3 is 2.95 bits per heavy atom. The summed E-state index contributed by atoms with van der Waals surface area (Å²) in [4.78, 5) is 0.877. The largest absolute Gasteiger partial charge is 0.234 e. The number of aromatic nitrogens is 4. The third kappa shape index (κ3) is 2.38. The first-order valence-corrected chi connectivity index (χ1v) is 7.37. The van der Waals surface area contributed by atoms with Gasteiger partial charge >= 0.3 is 0 Å². The second kappa shape index (κ2) is 5.09. The summed E-state index contributed by atoms with van der Waals surface area (Å²) < 4.78 is 1.89. The predicted molar refractivity (Wildman–Crippen MR) is 77.4 cm³/mol. The van der Waals surface area contributed by atoms with Gasteiger partial charge in [0.05, 0.1) is 0 Å². The minimum atomic E-state index is 0.877. The topological polar surface area (TPSA) is 43.1 Å². The molecule has 0 atom stereocenters. The van der Waals surface area contributed by atoms with Crippen molar-refractivity contribution in [3.63, 3.8) is 0 Å². The lowest BCUT2D eigenvalue weighted by atomic mass is 10.1. The molecule has 0 aliphatic heterocycles. The van der Waals surface area contributed by atoms with Gasteiger partial charge in [0.1, 0.15) is 5.01 Å². The van der Waals surface area contributed by atoms with E-state index in [0.29, 0.717) is 0 Å². The molecule has 2 heterocycles. The summed E-state index contributed by atoms with van der Waals surface area (Å²) in [5.74, 6) is 0.965. The van der Waals surface area contributed by atoms with Crippen molar-refractivity contribution in [3.8, 4) is 10.6 Å². The second-order valence-corrected chi connectivity index (χ2v) is 5.65. The normalized spacial score (nSPS) is 11.3. The van der Waals surface area contributed by atoms with Crippen molar-refractivity contribution >= 4 is 16.3 Å². The smallest absolute Gasteiger partial charge is 0.187 e. The summed E-state index contributed by atoms with van der Waals surface area (Å²) in [6.45, 7) is 4.27. The average molecular weight is 272 g/mol. The van der Waals surface area contributed by atoms with Gasteiger partial charge in [0.15, 0.2) is 5.82 Å². The molecule has 4 nitrogen and oxygen atoms in total. The maximum absolute atomic E-state index is 4.65. The quantitative estimate of drug-likeness (QED) is 0.730. The maximum atomic E-state index is 4.65. The molecule has 0 saturated carbocycles. The molecule has 0 aliphatic rings. The second-order valence-electron chi connectivity index (χ2n) is 4.69. The number of hydrogen-bond donors (Lipinski definition) is 0. The van der Waals surface area contributed by atoms with Gasteiger partial charge in [-0.2, -0.15) is 9.61 Å². The Bertz CT molecular complexity index is 698. The van der Waals surface area contributed by atoms with E-state index in [4.69, 9.17) is 0 Å². The molecule has 0 N–H and O–H groups in total. The molecule has 0 bridgehead atoms. The first-order valence-electron chi connectivity index (χ1n) is 6.56. The van der Waals surface area contributed by atoms with E-state index in [-0.39, 0.29) is 0 Å². The van der Waals surface area contributed by atoms with Gasteiger partial charge < -0.3 is 0 Å². The third-order valence-electron chi connectivity index (χ3n) is 3.07. The molecule has 3 aromatic rings. The number of benzene rings is 1. The summed E-state index contributed by atoms with van der Waals surface area (Å²) in [5.41, 5.74) is 2.40.